The minimum Gasteiger partial charge on any atom is -0.484 e. The summed E-state index contributed by atoms with van der Waals surface area (Å²) in [7, 11) is 0. The van der Waals surface area contributed by atoms with Gasteiger partial charge >= 0.3 is 11.7 Å². The highest BCUT2D eigenvalue weighted by atomic mass is 16.5. The number of nitrogens with one attached hydrogen (secondary N) is 2. The van der Waals surface area contributed by atoms with Crippen molar-refractivity contribution < 1.29 is 23.2 Å². The van der Waals surface area contributed by atoms with Crippen LogP contribution in [0.1, 0.15) is 18.2 Å². The molecule has 2 N–H and O–H groups in total. The zero-order valence-electron chi connectivity index (χ0n) is 14.6. The molecule has 0 fully saturated rings. The highest BCUT2D eigenvalue weighted by molar-refractivity contribution is 5.95. The Hall–Kier alpha value is -3.55. The number of ether oxygens (including phenoxy) is 1. The van der Waals surface area contributed by atoms with Crippen LogP contribution in [0.5, 0.6) is 5.75 Å². The molecule has 8 nitrogen and oxygen atoms in total. The Morgan fingerprint density at radius 3 is 2.78 bits per heavy atom. The number of hydrogen-bond acceptors (Lipinski definition) is 6. The molecule has 0 bridgehead atoms. The van der Waals surface area contributed by atoms with Gasteiger partial charge in [-0.1, -0.05) is 6.92 Å². The number of rotatable bonds is 6. The second-order valence-electron chi connectivity index (χ2n) is 5.70. The molecule has 0 saturated carbocycles. The van der Waals surface area contributed by atoms with Crippen molar-refractivity contribution in [2.45, 2.75) is 19.9 Å². The Morgan fingerprint density at radius 1 is 1.19 bits per heavy atom. The van der Waals surface area contributed by atoms with Crippen molar-refractivity contribution in [3.8, 4) is 5.75 Å². The number of benzene rings is 1. The number of carbonyl (C=O) groups is 2. The Kier molecular flexibility index (Phi) is 5.55. The quantitative estimate of drug-likeness (QED) is 0.645. The molecule has 0 saturated heterocycles. The van der Waals surface area contributed by atoms with Gasteiger partial charge in [-0.15, -0.1) is 0 Å². The number of urea groups is 1. The zero-order valence-corrected chi connectivity index (χ0v) is 14.6. The van der Waals surface area contributed by atoms with E-state index in [1.807, 2.05) is 6.92 Å². The van der Waals surface area contributed by atoms with Crippen LogP contribution in [0.15, 0.2) is 56.3 Å². The topological polar surface area (TPSA) is 111 Å². The summed E-state index contributed by atoms with van der Waals surface area (Å²) in [6.45, 7) is 1.74. The lowest BCUT2D eigenvalue weighted by Crippen LogP contribution is -2.41. The van der Waals surface area contributed by atoms with Crippen molar-refractivity contribution in [1.82, 2.24) is 10.6 Å². The number of carbonyl (C=O) groups excluding carboxylic acids is 2. The van der Waals surface area contributed by atoms with Gasteiger partial charge < -0.3 is 18.9 Å². The Labute approximate surface area is 154 Å². The van der Waals surface area contributed by atoms with Crippen LogP contribution in [0.4, 0.5) is 4.79 Å². The first-order valence-corrected chi connectivity index (χ1v) is 8.35. The van der Waals surface area contributed by atoms with Gasteiger partial charge in [0.25, 0.3) is 5.91 Å². The van der Waals surface area contributed by atoms with Gasteiger partial charge in [0.05, 0.1) is 12.8 Å². The van der Waals surface area contributed by atoms with E-state index in [0.717, 1.165) is 10.9 Å². The van der Waals surface area contributed by atoms with E-state index in [2.05, 4.69) is 10.6 Å². The molecule has 0 unspecified atom stereocenters. The number of hydrogen-bond donors (Lipinski definition) is 2. The largest absolute Gasteiger partial charge is 0.484 e. The first-order chi connectivity index (χ1) is 13.0. The monoisotopic (exact) mass is 370 g/mol. The lowest BCUT2D eigenvalue weighted by atomic mass is 10.1. The van der Waals surface area contributed by atoms with Crippen molar-refractivity contribution in [2.24, 2.45) is 0 Å². The first-order valence-electron chi connectivity index (χ1n) is 8.35. The molecule has 0 atom stereocenters. The molecule has 3 aromatic rings. The molecular weight excluding hydrogens is 352 g/mol. The van der Waals surface area contributed by atoms with Gasteiger partial charge in [-0.2, -0.15) is 0 Å². The molecule has 27 heavy (non-hydrogen) atoms. The summed E-state index contributed by atoms with van der Waals surface area (Å²) in [5.74, 6) is 0.304. The fourth-order valence-corrected chi connectivity index (χ4v) is 2.53. The van der Waals surface area contributed by atoms with Crippen LogP contribution in [-0.2, 0) is 17.8 Å². The van der Waals surface area contributed by atoms with Gasteiger partial charge in [-0.3, -0.25) is 10.1 Å². The lowest BCUT2D eigenvalue weighted by Gasteiger charge is -2.09. The van der Waals surface area contributed by atoms with Crippen molar-refractivity contribution in [2.75, 3.05) is 6.61 Å². The van der Waals surface area contributed by atoms with Gasteiger partial charge in [-0.25, -0.2) is 9.59 Å². The van der Waals surface area contributed by atoms with E-state index < -0.39 is 17.6 Å². The number of amides is 3. The molecule has 2 heterocycles. The van der Waals surface area contributed by atoms with E-state index in [9.17, 15) is 14.4 Å². The Balaban J connectivity index is 1.55. The summed E-state index contributed by atoms with van der Waals surface area (Å²) in [4.78, 5) is 35.1. The van der Waals surface area contributed by atoms with Crippen molar-refractivity contribution >= 4 is 22.9 Å². The van der Waals surface area contributed by atoms with E-state index >= 15 is 0 Å². The van der Waals surface area contributed by atoms with Gasteiger partial charge in [-0.05, 0) is 36.2 Å². The van der Waals surface area contributed by atoms with E-state index in [1.54, 1.807) is 30.3 Å². The molecule has 1 aromatic carbocycles. The molecule has 3 amide bonds. The number of aryl methyl sites for hydroxylation is 1. The summed E-state index contributed by atoms with van der Waals surface area (Å²) >= 11 is 0. The standard InChI is InChI=1S/C19H18N2O6/c1-2-12-8-18(23)27-16-9-13(5-6-15(12)16)26-11-17(22)21-19(24)20-10-14-4-3-7-25-14/h3-9H,2,10-11H2,1H3,(H2,20,21,22,24). The third kappa shape index (κ3) is 4.75. The van der Waals surface area contributed by atoms with Gasteiger partial charge in [0.2, 0.25) is 0 Å². The third-order valence-corrected chi connectivity index (χ3v) is 3.81. The molecule has 2 aromatic heterocycles. The predicted octanol–water partition coefficient (Wildman–Crippen LogP) is 2.35. The summed E-state index contributed by atoms with van der Waals surface area (Å²) in [6, 6.07) is 9.18. The van der Waals surface area contributed by atoms with Crippen LogP contribution in [0.3, 0.4) is 0 Å². The molecule has 140 valence electrons. The number of furan rings is 1. The van der Waals surface area contributed by atoms with E-state index in [-0.39, 0.29) is 13.2 Å². The average Bonchev–Trinajstić information content (AvgIpc) is 3.17. The van der Waals surface area contributed by atoms with Gasteiger partial charge in [0.1, 0.15) is 17.1 Å². The minimum atomic E-state index is -0.655. The molecule has 0 aliphatic heterocycles. The fourth-order valence-electron chi connectivity index (χ4n) is 2.53. The predicted molar refractivity (Wildman–Crippen MR) is 96.4 cm³/mol. The van der Waals surface area contributed by atoms with E-state index in [0.29, 0.717) is 23.5 Å². The van der Waals surface area contributed by atoms with Crippen LogP contribution in [0.2, 0.25) is 0 Å². The smallest absolute Gasteiger partial charge is 0.336 e. The maximum Gasteiger partial charge on any atom is 0.336 e. The van der Waals surface area contributed by atoms with Gasteiger partial charge in [0.15, 0.2) is 6.61 Å². The number of imide groups is 1. The van der Waals surface area contributed by atoms with Crippen LogP contribution in [0.25, 0.3) is 11.0 Å². The summed E-state index contributed by atoms with van der Waals surface area (Å²) in [6.07, 6.45) is 2.18. The zero-order chi connectivity index (χ0) is 19.2. The molecule has 0 aliphatic carbocycles. The Morgan fingerprint density at radius 2 is 2.04 bits per heavy atom. The van der Waals surface area contributed by atoms with Gasteiger partial charge in [0, 0.05) is 17.5 Å². The maximum atomic E-state index is 11.8. The van der Waals surface area contributed by atoms with Crippen LogP contribution in [0, 0.1) is 0 Å². The lowest BCUT2D eigenvalue weighted by molar-refractivity contribution is -0.122. The van der Waals surface area contributed by atoms with Crippen molar-refractivity contribution in [3.05, 3.63) is 64.4 Å². The SMILES string of the molecule is CCc1cc(=O)oc2cc(OCC(=O)NC(=O)NCc3ccco3)ccc12. The second-order valence-corrected chi connectivity index (χ2v) is 5.70. The molecule has 8 heteroatoms. The molecule has 0 spiro atoms. The molecular formula is C19H18N2O6. The highest BCUT2D eigenvalue weighted by Crippen LogP contribution is 2.22. The Bertz CT molecular complexity index is 1010. The van der Waals surface area contributed by atoms with Crippen molar-refractivity contribution in [1.29, 1.82) is 0 Å². The minimum absolute atomic E-state index is 0.163. The first kappa shape index (κ1) is 18.2. The third-order valence-electron chi connectivity index (χ3n) is 3.81. The normalized spacial score (nSPS) is 10.6. The summed E-state index contributed by atoms with van der Waals surface area (Å²) < 4.78 is 15.6. The molecule has 3 rings (SSSR count). The summed E-state index contributed by atoms with van der Waals surface area (Å²) in [5, 5.41) is 5.45. The molecule has 0 radical (unpaired) electrons. The second kappa shape index (κ2) is 8.22. The van der Waals surface area contributed by atoms with E-state index in [1.165, 1.54) is 12.3 Å². The van der Waals surface area contributed by atoms with Crippen molar-refractivity contribution in [3.63, 3.8) is 0 Å². The molecule has 0 aliphatic rings. The van der Waals surface area contributed by atoms with Crippen LogP contribution >= 0.6 is 0 Å². The fraction of sp³-hybridized carbons (Fsp3) is 0.211. The van der Waals surface area contributed by atoms with Crippen LogP contribution < -0.4 is 21.0 Å². The van der Waals surface area contributed by atoms with Crippen LogP contribution in [-0.4, -0.2) is 18.5 Å². The maximum absolute atomic E-state index is 11.8. The van der Waals surface area contributed by atoms with E-state index in [4.69, 9.17) is 13.6 Å². The summed E-state index contributed by atoms with van der Waals surface area (Å²) in [5.41, 5.74) is 0.815. The highest BCUT2D eigenvalue weighted by Gasteiger charge is 2.10. The average molecular weight is 370 g/mol. The number of fused-ring (bicyclic) bond motifs is 1.